The zero-order valence-corrected chi connectivity index (χ0v) is 15.6. The van der Waals surface area contributed by atoms with E-state index in [4.69, 9.17) is 4.74 Å². The maximum Gasteiger partial charge on any atom is 0.355 e. The zero-order chi connectivity index (χ0) is 19.8. The van der Waals surface area contributed by atoms with Gasteiger partial charge in [-0.15, -0.1) is 0 Å². The molecule has 0 spiro atoms. The zero-order valence-electron chi connectivity index (χ0n) is 14.1. The molecule has 0 saturated carbocycles. The van der Waals surface area contributed by atoms with Gasteiger partial charge in [-0.25, -0.2) is 4.79 Å². The number of ether oxygens (including phenoxy) is 1. The van der Waals surface area contributed by atoms with Crippen LogP contribution in [-0.4, -0.2) is 23.4 Å². The normalized spacial score (nSPS) is 10.8. The third kappa shape index (κ3) is 5.89. The van der Waals surface area contributed by atoms with Gasteiger partial charge in [-0.05, 0) is 48.0 Å². The smallest absolute Gasteiger partial charge is 0.355 e. The number of nitro groups is 1. The lowest BCUT2D eigenvalue weighted by Gasteiger charge is -2.10. The van der Waals surface area contributed by atoms with E-state index in [2.05, 4.69) is 27.8 Å². The van der Waals surface area contributed by atoms with Crippen molar-refractivity contribution >= 4 is 39.6 Å². The summed E-state index contributed by atoms with van der Waals surface area (Å²) >= 11 is 3.28. The molecule has 0 aliphatic carbocycles. The molecule has 7 nitrogen and oxygen atoms in total. The molecule has 0 unspecified atom stereocenters. The van der Waals surface area contributed by atoms with Gasteiger partial charge in [0, 0.05) is 22.2 Å². The molecular weight excluding hydrogens is 416 g/mol. The summed E-state index contributed by atoms with van der Waals surface area (Å²) in [5.74, 6) is -1.25. The Morgan fingerprint density at radius 2 is 1.78 bits per heavy atom. The predicted molar refractivity (Wildman–Crippen MR) is 104 cm³/mol. The number of benzene rings is 2. The number of carbonyl (C=O) groups excluding carboxylic acids is 2. The molecule has 138 valence electrons. The van der Waals surface area contributed by atoms with Crippen molar-refractivity contribution in [2.24, 2.45) is 0 Å². The van der Waals surface area contributed by atoms with Crippen molar-refractivity contribution in [1.29, 1.82) is 0 Å². The molecule has 2 aromatic carbocycles. The van der Waals surface area contributed by atoms with Gasteiger partial charge in [0.1, 0.15) is 12.3 Å². The van der Waals surface area contributed by atoms with Crippen LogP contribution in [0.15, 0.2) is 71.4 Å². The van der Waals surface area contributed by atoms with Gasteiger partial charge in [-0.1, -0.05) is 28.6 Å². The van der Waals surface area contributed by atoms with E-state index in [0.29, 0.717) is 11.1 Å². The average molecular weight is 431 g/mol. The van der Waals surface area contributed by atoms with Gasteiger partial charge < -0.3 is 10.1 Å². The minimum absolute atomic E-state index is 0.0232. The van der Waals surface area contributed by atoms with Crippen molar-refractivity contribution < 1.29 is 19.2 Å². The van der Waals surface area contributed by atoms with Crippen molar-refractivity contribution in [2.45, 2.75) is 0 Å². The van der Waals surface area contributed by atoms with Gasteiger partial charge in [-0.3, -0.25) is 14.9 Å². The number of non-ortho nitro benzene ring substituents is 1. The Balaban J connectivity index is 2.28. The van der Waals surface area contributed by atoms with E-state index in [0.717, 1.165) is 4.47 Å². The molecule has 2 rings (SSSR count). The highest BCUT2D eigenvalue weighted by Crippen LogP contribution is 2.15. The van der Waals surface area contributed by atoms with Gasteiger partial charge in [0.2, 0.25) is 0 Å². The number of esters is 1. The molecule has 0 aliphatic rings. The molecule has 1 amide bonds. The van der Waals surface area contributed by atoms with Gasteiger partial charge in [0.15, 0.2) is 0 Å². The molecule has 8 heteroatoms. The highest BCUT2D eigenvalue weighted by Gasteiger charge is 2.16. The summed E-state index contributed by atoms with van der Waals surface area (Å²) in [6.07, 6.45) is 2.78. The van der Waals surface area contributed by atoms with Gasteiger partial charge in [0.25, 0.3) is 11.6 Å². The highest BCUT2D eigenvalue weighted by atomic mass is 79.9. The number of nitro benzene ring substituents is 1. The number of nitrogens with zero attached hydrogens (tertiary/aromatic N) is 1. The van der Waals surface area contributed by atoms with Crippen molar-refractivity contribution in [3.8, 4) is 0 Å². The highest BCUT2D eigenvalue weighted by molar-refractivity contribution is 9.10. The molecule has 0 heterocycles. The van der Waals surface area contributed by atoms with Crippen molar-refractivity contribution in [2.75, 3.05) is 6.61 Å². The molecule has 1 N–H and O–H groups in total. The molecule has 0 saturated heterocycles. The lowest BCUT2D eigenvalue weighted by atomic mass is 10.1. The number of hydrogen-bond donors (Lipinski definition) is 1. The Bertz CT molecular complexity index is 889. The lowest BCUT2D eigenvalue weighted by molar-refractivity contribution is -0.384. The van der Waals surface area contributed by atoms with E-state index in [-0.39, 0.29) is 18.0 Å². The number of amides is 1. The van der Waals surface area contributed by atoms with E-state index < -0.39 is 16.8 Å². The summed E-state index contributed by atoms with van der Waals surface area (Å²) in [7, 11) is 0. The first kappa shape index (κ1) is 20.1. The van der Waals surface area contributed by atoms with E-state index in [1.54, 1.807) is 24.3 Å². The first-order valence-electron chi connectivity index (χ1n) is 7.72. The minimum atomic E-state index is -0.751. The number of halogens is 1. The van der Waals surface area contributed by atoms with Gasteiger partial charge >= 0.3 is 5.97 Å². The van der Waals surface area contributed by atoms with Crippen LogP contribution in [-0.2, 0) is 9.53 Å². The number of rotatable bonds is 7. The molecule has 2 aromatic rings. The third-order valence-corrected chi connectivity index (χ3v) is 3.85. The van der Waals surface area contributed by atoms with Crippen LogP contribution in [0.2, 0.25) is 0 Å². The van der Waals surface area contributed by atoms with Crippen LogP contribution in [0.1, 0.15) is 15.9 Å². The summed E-state index contributed by atoms with van der Waals surface area (Å²) in [4.78, 5) is 34.8. The maximum atomic E-state index is 12.4. The predicted octanol–water partition coefficient (Wildman–Crippen LogP) is 3.86. The summed E-state index contributed by atoms with van der Waals surface area (Å²) in [6.45, 7) is 3.44. The topological polar surface area (TPSA) is 98.5 Å². The summed E-state index contributed by atoms with van der Waals surface area (Å²) in [5.41, 5.74) is 0.659. The van der Waals surface area contributed by atoms with Gasteiger partial charge in [-0.2, -0.15) is 0 Å². The largest absolute Gasteiger partial charge is 0.457 e. The van der Waals surface area contributed by atoms with E-state index in [9.17, 15) is 19.7 Å². The van der Waals surface area contributed by atoms with Crippen molar-refractivity contribution in [3.63, 3.8) is 0 Å². The van der Waals surface area contributed by atoms with Crippen LogP contribution in [0.25, 0.3) is 6.08 Å². The van der Waals surface area contributed by atoms with Crippen LogP contribution in [0.3, 0.4) is 0 Å². The lowest BCUT2D eigenvalue weighted by Crippen LogP contribution is -2.28. The molecule has 0 bridgehead atoms. The second-order valence-corrected chi connectivity index (χ2v) is 6.17. The fraction of sp³-hybridized carbons (Fsp3) is 0.0526. The second-order valence-electron chi connectivity index (χ2n) is 5.25. The standard InChI is InChI=1S/C19H15BrN2O5/c1-2-11-27-19(24)17(12-13-3-9-16(10-4-13)22(25)26)21-18(23)14-5-7-15(20)8-6-14/h2-10,12H,1,11H2,(H,21,23)/b17-12+. The molecule has 27 heavy (non-hydrogen) atoms. The maximum absolute atomic E-state index is 12.4. The average Bonchev–Trinajstić information content (AvgIpc) is 2.66. The van der Waals surface area contributed by atoms with E-state index in [1.807, 2.05) is 0 Å². The van der Waals surface area contributed by atoms with Crippen LogP contribution < -0.4 is 5.32 Å². The quantitative estimate of drug-likeness (QED) is 0.236. The Labute approximate surface area is 163 Å². The fourth-order valence-corrected chi connectivity index (χ4v) is 2.28. The minimum Gasteiger partial charge on any atom is -0.457 e. The number of carbonyl (C=O) groups is 2. The second kappa shape index (κ2) is 9.44. The molecule has 0 fully saturated rings. The van der Waals surface area contributed by atoms with Crippen LogP contribution in [0.5, 0.6) is 0 Å². The molecule has 0 atom stereocenters. The van der Waals surface area contributed by atoms with Crippen LogP contribution in [0.4, 0.5) is 5.69 Å². The molecule has 0 aliphatic heterocycles. The summed E-state index contributed by atoms with van der Waals surface area (Å²) in [6, 6.07) is 12.1. The number of nitrogens with one attached hydrogen (secondary N) is 1. The molecule has 0 aromatic heterocycles. The Hall–Kier alpha value is -3.26. The van der Waals surface area contributed by atoms with Gasteiger partial charge in [0.05, 0.1) is 4.92 Å². The first-order chi connectivity index (χ1) is 12.9. The molecule has 0 radical (unpaired) electrons. The summed E-state index contributed by atoms with van der Waals surface area (Å²) in [5, 5.41) is 13.2. The third-order valence-electron chi connectivity index (χ3n) is 3.32. The van der Waals surface area contributed by atoms with Crippen molar-refractivity contribution in [3.05, 3.63) is 92.6 Å². The van der Waals surface area contributed by atoms with Crippen LogP contribution in [0, 0.1) is 10.1 Å². The fourth-order valence-electron chi connectivity index (χ4n) is 2.01. The van der Waals surface area contributed by atoms with Crippen LogP contribution >= 0.6 is 15.9 Å². The van der Waals surface area contributed by atoms with Crippen molar-refractivity contribution in [1.82, 2.24) is 5.32 Å². The first-order valence-corrected chi connectivity index (χ1v) is 8.51. The SMILES string of the molecule is C=CCOC(=O)/C(=C\c1ccc([N+](=O)[O-])cc1)NC(=O)c1ccc(Br)cc1. The Morgan fingerprint density at radius 1 is 1.15 bits per heavy atom. The summed E-state index contributed by atoms with van der Waals surface area (Å²) < 4.78 is 5.80. The Morgan fingerprint density at radius 3 is 2.33 bits per heavy atom. The van der Waals surface area contributed by atoms with E-state index in [1.165, 1.54) is 36.4 Å². The van der Waals surface area contributed by atoms with E-state index >= 15 is 0 Å². The molecular formula is C19H15BrN2O5. The Kier molecular flexibility index (Phi) is 7.01. The monoisotopic (exact) mass is 430 g/mol. The number of hydrogen-bond acceptors (Lipinski definition) is 5.